The molecule has 1 saturated heterocycles. The van der Waals surface area contributed by atoms with E-state index in [-0.39, 0.29) is 5.78 Å². The number of hydrogen-bond acceptors (Lipinski definition) is 5. The quantitative estimate of drug-likeness (QED) is 0.823. The lowest BCUT2D eigenvalue weighted by Gasteiger charge is -2.31. The van der Waals surface area contributed by atoms with E-state index in [1.165, 1.54) is 4.88 Å². The summed E-state index contributed by atoms with van der Waals surface area (Å²) in [5, 5.41) is 1.01. The number of nitrogens with zero attached hydrogens (tertiary/aromatic N) is 2. The van der Waals surface area contributed by atoms with Crippen molar-refractivity contribution >= 4 is 22.3 Å². The maximum atomic E-state index is 11.8. The topological polar surface area (TPSA) is 42.4 Å². The summed E-state index contributed by atoms with van der Waals surface area (Å²) in [4.78, 5) is 19.8. The zero-order valence-electron chi connectivity index (χ0n) is 10.6. The molecular formula is C13H18N2O2S. The number of aryl methyl sites for hydroxylation is 1. The van der Waals surface area contributed by atoms with Gasteiger partial charge in [-0.25, -0.2) is 4.98 Å². The van der Waals surface area contributed by atoms with Gasteiger partial charge in [0.15, 0.2) is 10.9 Å². The van der Waals surface area contributed by atoms with Gasteiger partial charge in [-0.2, -0.15) is 0 Å². The Morgan fingerprint density at radius 1 is 1.39 bits per heavy atom. The van der Waals surface area contributed by atoms with Gasteiger partial charge in [-0.1, -0.05) is 0 Å². The van der Waals surface area contributed by atoms with E-state index < -0.39 is 0 Å². The average molecular weight is 266 g/mol. The first-order valence-electron chi connectivity index (χ1n) is 6.58. The summed E-state index contributed by atoms with van der Waals surface area (Å²) in [7, 11) is 1.77. The molecule has 2 aliphatic rings. The number of hydrogen-bond donors (Lipinski definition) is 0. The van der Waals surface area contributed by atoms with E-state index in [4.69, 9.17) is 4.74 Å². The molecule has 1 aromatic heterocycles. The van der Waals surface area contributed by atoms with Crippen molar-refractivity contribution < 1.29 is 9.53 Å². The Labute approximate surface area is 111 Å². The second-order valence-electron chi connectivity index (χ2n) is 4.99. The molecule has 98 valence electrons. The van der Waals surface area contributed by atoms with E-state index in [9.17, 15) is 4.79 Å². The summed E-state index contributed by atoms with van der Waals surface area (Å²) in [6, 6.07) is 0. The van der Waals surface area contributed by atoms with Gasteiger partial charge in [-0.15, -0.1) is 11.3 Å². The Hall–Kier alpha value is -0.940. The third kappa shape index (κ3) is 2.17. The number of carbonyl (C=O) groups is 1. The fourth-order valence-electron chi connectivity index (χ4n) is 2.69. The summed E-state index contributed by atoms with van der Waals surface area (Å²) in [5.41, 5.74) is 0.737. The minimum Gasteiger partial charge on any atom is -0.380 e. The highest BCUT2D eigenvalue weighted by Gasteiger charge is 2.27. The Bertz CT molecular complexity index is 458. The molecule has 0 saturated carbocycles. The number of fused-ring (bicyclic) bond motifs is 1. The number of ether oxygens (including phenoxy) is 1. The van der Waals surface area contributed by atoms with E-state index in [1.54, 1.807) is 18.4 Å². The number of anilines is 1. The van der Waals surface area contributed by atoms with Crippen LogP contribution in [0.1, 0.15) is 41.0 Å². The van der Waals surface area contributed by atoms with Crippen LogP contribution in [0.3, 0.4) is 0 Å². The van der Waals surface area contributed by atoms with Crippen LogP contribution in [-0.2, 0) is 11.2 Å². The van der Waals surface area contributed by atoms with Crippen LogP contribution in [0.25, 0.3) is 0 Å². The molecular weight excluding hydrogens is 248 g/mol. The van der Waals surface area contributed by atoms with Crippen molar-refractivity contribution in [2.45, 2.75) is 38.2 Å². The third-order valence-electron chi connectivity index (χ3n) is 3.74. The van der Waals surface area contributed by atoms with Gasteiger partial charge in [-0.05, 0) is 25.7 Å². The van der Waals surface area contributed by atoms with Crippen molar-refractivity contribution in [2.24, 2.45) is 0 Å². The molecule has 1 unspecified atom stereocenters. The van der Waals surface area contributed by atoms with Gasteiger partial charge in [-0.3, -0.25) is 4.79 Å². The summed E-state index contributed by atoms with van der Waals surface area (Å²) in [6.45, 7) is 1.93. The Morgan fingerprint density at radius 2 is 2.28 bits per heavy atom. The molecule has 1 atom stereocenters. The van der Waals surface area contributed by atoms with Crippen molar-refractivity contribution in [2.75, 3.05) is 25.1 Å². The summed E-state index contributed by atoms with van der Waals surface area (Å²) < 4.78 is 5.43. The number of methoxy groups -OCH3 is 1. The van der Waals surface area contributed by atoms with Crippen LogP contribution < -0.4 is 4.90 Å². The molecule has 4 nitrogen and oxygen atoms in total. The van der Waals surface area contributed by atoms with Gasteiger partial charge in [0.1, 0.15) is 5.69 Å². The van der Waals surface area contributed by atoms with Crippen molar-refractivity contribution in [3.05, 3.63) is 10.6 Å². The molecule has 1 aliphatic carbocycles. The van der Waals surface area contributed by atoms with Crippen molar-refractivity contribution in [3.8, 4) is 0 Å². The fourth-order valence-corrected chi connectivity index (χ4v) is 3.85. The van der Waals surface area contributed by atoms with Gasteiger partial charge >= 0.3 is 0 Å². The zero-order valence-corrected chi connectivity index (χ0v) is 11.5. The highest BCUT2D eigenvalue weighted by Crippen LogP contribution is 2.33. The van der Waals surface area contributed by atoms with Crippen LogP contribution >= 0.6 is 11.3 Å². The minimum absolute atomic E-state index is 0.221. The Kier molecular flexibility index (Phi) is 3.35. The molecule has 5 heteroatoms. The van der Waals surface area contributed by atoms with Crippen LogP contribution in [0.4, 0.5) is 5.13 Å². The first-order chi connectivity index (χ1) is 8.78. The highest BCUT2D eigenvalue weighted by molar-refractivity contribution is 7.16. The fraction of sp³-hybridized carbons (Fsp3) is 0.692. The largest absolute Gasteiger partial charge is 0.380 e. The van der Waals surface area contributed by atoms with Gasteiger partial charge in [0.2, 0.25) is 0 Å². The molecule has 0 bridgehead atoms. The maximum absolute atomic E-state index is 11.8. The normalized spacial score (nSPS) is 24.2. The number of rotatable bonds is 2. The molecule has 1 aliphatic heterocycles. The molecule has 1 fully saturated rings. The van der Waals surface area contributed by atoms with Crippen LogP contribution in [-0.4, -0.2) is 37.1 Å². The number of Topliss-reactive ketones (excluding diaryl/α,β-unsaturated/α-hetero) is 1. The minimum atomic E-state index is 0.221. The lowest BCUT2D eigenvalue weighted by Crippen LogP contribution is -2.39. The molecule has 0 N–H and O–H groups in total. The van der Waals surface area contributed by atoms with E-state index in [2.05, 4.69) is 9.88 Å². The number of thiazole rings is 1. The predicted octanol–water partition coefficient (Wildman–Crippen LogP) is 2.28. The summed E-state index contributed by atoms with van der Waals surface area (Å²) in [5.74, 6) is 0.221. The second kappa shape index (κ2) is 4.97. The standard InChI is InChI=1S/C13H18N2O2S/c1-17-9-4-3-7-15(8-9)13-14-12-10(16)5-2-6-11(12)18-13/h9H,2-8H2,1H3. The molecule has 0 radical (unpaired) electrons. The summed E-state index contributed by atoms with van der Waals surface area (Å²) in [6.07, 6.45) is 5.22. The number of ketones is 1. The van der Waals surface area contributed by atoms with Crippen molar-refractivity contribution in [1.29, 1.82) is 0 Å². The Balaban J connectivity index is 1.82. The van der Waals surface area contributed by atoms with Crippen LogP contribution in [0.2, 0.25) is 0 Å². The van der Waals surface area contributed by atoms with Crippen LogP contribution in [0.5, 0.6) is 0 Å². The van der Waals surface area contributed by atoms with Gasteiger partial charge < -0.3 is 9.64 Å². The van der Waals surface area contributed by atoms with Crippen molar-refractivity contribution in [1.82, 2.24) is 4.98 Å². The highest BCUT2D eigenvalue weighted by atomic mass is 32.1. The molecule has 3 rings (SSSR count). The Morgan fingerprint density at radius 3 is 3.06 bits per heavy atom. The third-order valence-corrected chi connectivity index (χ3v) is 4.92. The molecule has 0 amide bonds. The zero-order chi connectivity index (χ0) is 12.5. The van der Waals surface area contributed by atoms with E-state index >= 15 is 0 Å². The van der Waals surface area contributed by atoms with Crippen molar-refractivity contribution in [3.63, 3.8) is 0 Å². The van der Waals surface area contributed by atoms with Crippen LogP contribution in [0, 0.1) is 0 Å². The maximum Gasteiger partial charge on any atom is 0.186 e. The first-order valence-corrected chi connectivity index (χ1v) is 7.40. The smallest absolute Gasteiger partial charge is 0.186 e. The summed E-state index contributed by atoms with van der Waals surface area (Å²) >= 11 is 1.70. The number of aromatic nitrogens is 1. The lowest BCUT2D eigenvalue weighted by atomic mass is 10.0. The van der Waals surface area contributed by atoms with Gasteiger partial charge in [0, 0.05) is 31.5 Å². The molecule has 1 aromatic rings. The average Bonchev–Trinajstić information content (AvgIpc) is 2.84. The number of carbonyl (C=O) groups excluding carboxylic acids is 1. The van der Waals surface area contributed by atoms with E-state index in [0.717, 1.165) is 49.6 Å². The van der Waals surface area contributed by atoms with Gasteiger partial charge in [0.25, 0.3) is 0 Å². The SMILES string of the molecule is COC1CCCN(c2nc3c(s2)CCCC3=O)C1. The molecule has 0 spiro atoms. The molecule has 2 heterocycles. The second-order valence-corrected chi connectivity index (χ2v) is 6.05. The molecule has 18 heavy (non-hydrogen) atoms. The number of piperidine rings is 1. The predicted molar refractivity (Wildman–Crippen MR) is 71.6 cm³/mol. The first kappa shape index (κ1) is 12.1. The van der Waals surface area contributed by atoms with E-state index in [1.807, 2.05) is 0 Å². The lowest BCUT2D eigenvalue weighted by molar-refractivity contribution is 0.0893. The van der Waals surface area contributed by atoms with E-state index in [0.29, 0.717) is 12.5 Å². The van der Waals surface area contributed by atoms with Crippen LogP contribution in [0.15, 0.2) is 0 Å². The van der Waals surface area contributed by atoms with Gasteiger partial charge in [0.05, 0.1) is 6.10 Å². The molecule has 0 aromatic carbocycles. The monoisotopic (exact) mass is 266 g/mol.